The van der Waals surface area contributed by atoms with Crippen molar-refractivity contribution in [1.82, 2.24) is 0 Å². The minimum atomic E-state index is -0.771. The molecule has 0 saturated heterocycles. The second-order valence-corrected chi connectivity index (χ2v) is 3.91. The van der Waals surface area contributed by atoms with Gasteiger partial charge in [-0.1, -0.05) is 6.07 Å². The van der Waals surface area contributed by atoms with Crippen molar-refractivity contribution in [1.29, 1.82) is 0 Å². The first-order chi connectivity index (χ1) is 6.09. The highest BCUT2D eigenvalue weighted by Crippen LogP contribution is 2.17. The van der Waals surface area contributed by atoms with Crippen molar-refractivity contribution in [3.05, 3.63) is 27.3 Å². The number of nitrogen functional groups attached to an aromatic ring is 1. The van der Waals surface area contributed by atoms with E-state index in [9.17, 15) is 4.79 Å². The highest BCUT2D eigenvalue weighted by Gasteiger charge is 2.01. The summed E-state index contributed by atoms with van der Waals surface area (Å²) in [7, 11) is 0. The standard InChI is InChI=1S/C9H10INO2/c10-7-5-6(1-3-8(7)11)2-4-9(12)13/h1,3,5H,2,4,11H2,(H,12,13). The minimum absolute atomic E-state index is 0.167. The molecule has 0 unspecified atom stereocenters. The van der Waals surface area contributed by atoms with Gasteiger partial charge in [-0.2, -0.15) is 0 Å². The Kier molecular flexibility index (Phi) is 3.53. The molecule has 0 atom stereocenters. The van der Waals surface area contributed by atoms with E-state index < -0.39 is 5.97 Å². The fourth-order valence-electron chi connectivity index (χ4n) is 0.977. The van der Waals surface area contributed by atoms with Crippen molar-refractivity contribution in [3.8, 4) is 0 Å². The van der Waals surface area contributed by atoms with Gasteiger partial charge in [0, 0.05) is 15.7 Å². The number of carboxylic acids is 1. The number of aryl methyl sites for hydroxylation is 1. The van der Waals surface area contributed by atoms with Gasteiger partial charge in [0.2, 0.25) is 0 Å². The number of anilines is 1. The third kappa shape index (κ3) is 3.22. The van der Waals surface area contributed by atoms with E-state index in [2.05, 4.69) is 22.6 Å². The number of halogens is 1. The van der Waals surface area contributed by atoms with Crippen molar-refractivity contribution in [2.45, 2.75) is 12.8 Å². The zero-order valence-corrected chi connectivity index (χ0v) is 9.11. The molecule has 1 aromatic rings. The van der Waals surface area contributed by atoms with Crippen molar-refractivity contribution in [3.63, 3.8) is 0 Å². The fourth-order valence-corrected chi connectivity index (χ4v) is 1.56. The molecule has 0 aliphatic rings. The lowest BCUT2D eigenvalue weighted by Crippen LogP contribution is -1.98. The van der Waals surface area contributed by atoms with Crippen LogP contribution in [0, 0.1) is 3.57 Å². The maximum atomic E-state index is 10.3. The number of hydrogen-bond acceptors (Lipinski definition) is 2. The molecule has 70 valence electrons. The van der Waals surface area contributed by atoms with Crippen molar-refractivity contribution < 1.29 is 9.90 Å². The van der Waals surface area contributed by atoms with Gasteiger partial charge in [-0.15, -0.1) is 0 Å². The Labute approximate surface area is 90.1 Å². The van der Waals surface area contributed by atoms with Crippen LogP contribution in [-0.2, 0) is 11.2 Å². The first kappa shape index (κ1) is 10.3. The van der Waals surface area contributed by atoms with Crippen molar-refractivity contribution >= 4 is 34.2 Å². The minimum Gasteiger partial charge on any atom is -0.481 e. The van der Waals surface area contributed by atoms with E-state index in [1.54, 1.807) is 6.07 Å². The zero-order valence-electron chi connectivity index (χ0n) is 6.96. The summed E-state index contributed by atoms with van der Waals surface area (Å²) in [5, 5.41) is 8.47. The lowest BCUT2D eigenvalue weighted by atomic mass is 10.1. The molecule has 0 aliphatic carbocycles. The smallest absolute Gasteiger partial charge is 0.303 e. The van der Waals surface area contributed by atoms with Gasteiger partial charge >= 0.3 is 5.97 Å². The number of carboxylic acid groups (broad SMARTS) is 1. The number of rotatable bonds is 3. The molecule has 3 nitrogen and oxygen atoms in total. The lowest BCUT2D eigenvalue weighted by Gasteiger charge is -2.01. The highest BCUT2D eigenvalue weighted by molar-refractivity contribution is 14.1. The van der Waals surface area contributed by atoms with Gasteiger partial charge in [0.1, 0.15) is 0 Å². The summed E-state index contributed by atoms with van der Waals surface area (Å²) in [6.45, 7) is 0. The third-order valence-corrected chi connectivity index (χ3v) is 2.63. The average Bonchev–Trinajstić information content (AvgIpc) is 2.07. The Morgan fingerprint density at radius 3 is 2.77 bits per heavy atom. The Bertz CT molecular complexity index is 325. The summed E-state index contributed by atoms with van der Waals surface area (Å²) in [5.74, 6) is -0.771. The van der Waals surface area contributed by atoms with E-state index in [1.165, 1.54) is 0 Å². The summed E-state index contributed by atoms with van der Waals surface area (Å²) in [6, 6.07) is 5.58. The molecule has 0 aliphatic heterocycles. The van der Waals surface area contributed by atoms with Crippen molar-refractivity contribution in [2.75, 3.05) is 5.73 Å². The average molecular weight is 291 g/mol. The van der Waals surface area contributed by atoms with Crippen molar-refractivity contribution in [2.24, 2.45) is 0 Å². The Morgan fingerprint density at radius 1 is 1.54 bits per heavy atom. The summed E-state index contributed by atoms with van der Waals surface area (Å²) < 4.78 is 0.973. The fraction of sp³-hybridized carbons (Fsp3) is 0.222. The van der Waals surface area contributed by atoms with Crippen LogP contribution in [0.1, 0.15) is 12.0 Å². The number of aliphatic carboxylic acids is 1. The third-order valence-electron chi connectivity index (χ3n) is 1.69. The predicted molar refractivity (Wildman–Crippen MR) is 59.5 cm³/mol. The molecule has 0 bridgehead atoms. The molecule has 0 fully saturated rings. The van der Waals surface area contributed by atoms with Crippen LogP contribution in [0.2, 0.25) is 0 Å². The predicted octanol–water partition coefficient (Wildman–Crippen LogP) is 1.89. The van der Waals surface area contributed by atoms with Gasteiger partial charge in [-0.3, -0.25) is 4.79 Å². The SMILES string of the molecule is Nc1ccc(CCC(=O)O)cc1I. The Hall–Kier alpha value is -0.780. The van der Waals surface area contributed by atoms with Crippen LogP contribution in [-0.4, -0.2) is 11.1 Å². The number of hydrogen-bond donors (Lipinski definition) is 2. The summed E-state index contributed by atoms with van der Waals surface area (Å²) >= 11 is 2.13. The second-order valence-electron chi connectivity index (χ2n) is 2.75. The van der Waals surface area contributed by atoms with Crippen LogP contribution < -0.4 is 5.73 Å². The molecule has 13 heavy (non-hydrogen) atoms. The molecule has 4 heteroatoms. The first-order valence-electron chi connectivity index (χ1n) is 3.85. The van der Waals surface area contributed by atoms with E-state index in [-0.39, 0.29) is 6.42 Å². The Balaban J connectivity index is 2.68. The molecule has 1 aromatic carbocycles. The second kappa shape index (κ2) is 4.45. The molecule has 0 heterocycles. The maximum Gasteiger partial charge on any atom is 0.303 e. The normalized spacial score (nSPS) is 9.92. The summed E-state index contributed by atoms with van der Waals surface area (Å²) in [4.78, 5) is 10.3. The van der Waals surface area contributed by atoms with E-state index >= 15 is 0 Å². The van der Waals surface area contributed by atoms with Crippen LogP contribution in [0.5, 0.6) is 0 Å². The van der Waals surface area contributed by atoms with Gasteiger partial charge in [0.15, 0.2) is 0 Å². The van der Waals surface area contributed by atoms with E-state index in [0.29, 0.717) is 6.42 Å². The summed E-state index contributed by atoms with van der Waals surface area (Å²) in [6.07, 6.45) is 0.728. The van der Waals surface area contributed by atoms with E-state index in [4.69, 9.17) is 10.8 Å². The molecular formula is C9H10INO2. The van der Waals surface area contributed by atoms with E-state index in [1.807, 2.05) is 12.1 Å². The van der Waals surface area contributed by atoms with Gasteiger partial charge in [0.05, 0.1) is 0 Å². The van der Waals surface area contributed by atoms with Crippen LogP contribution in [0.25, 0.3) is 0 Å². The van der Waals surface area contributed by atoms with E-state index in [0.717, 1.165) is 14.8 Å². The quantitative estimate of drug-likeness (QED) is 0.660. The van der Waals surface area contributed by atoms with Gasteiger partial charge < -0.3 is 10.8 Å². The lowest BCUT2D eigenvalue weighted by molar-refractivity contribution is -0.136. The van der Waals surface area contributed by atoms with Crippen LogP contribution >= 0.6 is 22.6 Å². The number of benzene rings is 1. The molecule has 3 N–H and O–H groups in total. The van der Waals surface area contributed by atoms with Crippen LogP contribution in [0.15, 0.2) is 18.2 Å². The highest BCUT2D eigenvalue weighted by atomic mass is 127. The molecule has 0 spiro atoms. The maximum absolute atomic E-state index is 10.3. The summed E-state index contributed by atoms with van der Waals surface area (Å²) in [5.41, 5.74) is 7.37. The largest absolute Gasteiger partial charge is 0.481 e. The molecule has 0 amide bonds. The number of carbonyl (C=O) groups is 1. The monoisotopic (exact) mass is 291 g/mol. The zero-order chi connectivity index (χ0) is 9.84. The number of nitrogens with two attached hydrogens (primary N) is 1. The molecule has 0 aromatic heterocycles. The Morgan fingerprint density at radius 2 is 2.23 bits per heavy atom. The molecule has 0 saturated carbocycles. The van der Waals surface area contributed by atoms with Gasteiger partial charge in [-0.05, 0) is 46.7 Å². The molecule has 1 rings (SSSR count). The molecular weight excluding hydrogens is 281 g/mol. The molecule has 0 radical (unpaired) electrons. The first-order valence-corrected chi connectivity index (χ1v) is 4.93. The van der Waals surface area contributed by atoms with Crippen LogP contribution in [0.3, 0.4) is 0 Å². The van der Waals surface area contributed by atoms with Gasteiger partial charge in [0.25, 0.3) is 0 Å². The topological polar surface area (TPSA) is 63.3 Å². The van der Waals surface area contributed by atoms with Crippen LogP contribution in [0.4, 0.5) is 5.69 Å². The van der Waals surface area contributed by atoms with Gasteiger partial charge in [-0.25, -0.2) is 0 Å².